The fourth-order valence-electron chi connectivity index (χ4n) is 2.37. The summed E-state index contributed by atoms with van der Waals surface area (Å²) in [5.41, 5.74) is 3.01. The molecule has 3 rings (SSSR count). The average molecular weight is 419 g/mol. The second-order valence-electron chi connectivity index (χ2n) is 5.53. The van der Waals surface area contributed by atoms with E-state index in [0.29, 0.717) is 10.6 Å². The number of benzene rings is 1. The second-order valence-corrected chi connectivity index (χ2v) is 8.49. The molecule has 0 aliphatic rings. The van der Waals surface area contributed by atoms with Crippen LogP contribution in [0.4, 0.5) is 5.00 Å². The number of hydrogen-bond acceptors (Lipinski definition) is 7. The highest BCUT2D eigenvalue weighted by Crippen LogP contribution is 2.36. The molecule has 2 aromatic heterocycles. The standard InChI is InChI=1S/C19H18N2O3S3/c1-3-24-18(23)16-14(13-7-5-4-6-8-13)10-25-17(16)21-15(22)11-27-19-20-12(2)9-26-19/h4-10H,3,11H2,1-2H3,(H,21,22). The van der Waals surface area contributed by atoms with E-state index < -0.39 is 5.97 Å². The van der Waals surface area contributed by atoms with Crippen LogP contribution in [0.5, 0.6) is 0 Å². The number of nitrogens with zero attached hydrogens (tertiary/aromatic N) is 1. The van der Waals surface area contributed by atoms with Crippen molar-refractivity contribution in [2.24, 2.45) is 0 Å². The number of carbonyl (C=O) groups is 2. The maximum Gasteiger partial charge on any atom is 0.341 e. The van der Waals surface area contributed by atoms with Gasteiger partial charge in [-0.2, -0.15) is 0 Å². The predicted octanol–water partition coefficient (Wildman–Crippen LogP) is 5.09. The highest BCUT2D eigenvalue weighted by atomic mass is 32.2. The summed E-state index contributed by atoms with van der Waals surface area (Å²) in [5, 5.41) is 7.18. The molecular formula is C19H18N2O3S3. The zero-order chi connectivity index (χ0) is 19.2. The molecule has 1 amide bonds. The van der Waals surface area contributed by atoms with Crippen LogP contribution >= 0.6 is 34.4 Å². The van der Waals surface area contributed by atoms with Crippen molar-refractivity contribution in [1.29, 1.82) is 0 Å². The number of amides is 1. The zero-order valence-corrected chi connectivity index (χ0v) is 17.3. The topological polar surface area (TPSA) is 68.3 Å². The lowest BCUT2D eigenvalue weighted by Crippen LogP contribution is -2.16. The molecule has 140 valence electrons. The van der Waals surface area contributed by atoms with Crippen LogP contribution in [-0.4, -0.2) is 29.2 Å². The summed E-state index contributed by atoms with van der Waals surface area (Å²) < 4.78 is 6.06. The van der Waals surface area contributed by atoms with Crippen LogP contribution in [0.25, 0.3) is 11.1 Å². The molecule has 0 aliphatic carbocycles. The molecule has 0 atom stereocenters. The summed E-state index contributed by atoms with van der Waals surface area (Å²) >= 11 is 4.22. The number of thioether (sulfide) groups is 1. The number of ether oxygens (including phenoxy) is 1. The number of anilines is 1. The van der Waals surface area contributed by atoms with Gasteiger partial charge in [0.25, 0.3) is 0 Å². The SMILES string of the molecule is CCOC(=O)c1c(-c2ccccc2)csc1NC(=O)CSc1nc(C)cs1. The molecule has 27 heavy (non-hydrogen) atoms. The van der Waals surface area contributed by atoms with E-state index in [-0.39, 0.29) is 18.3 Å². The van der Waals surface area contributed by atoms with Crippen LogP contribution in [-0.2, 0) is 9.53 Å². The summed E-state index contributed by atoms with van der Waals surface area (Å²) in [7, 11) is 0. The van der Waals surface area contributed by atoms with Crippen LogP contribution in [0, 0.1) is 6.92 Å². The highest BCUT2D eigenvalue weighted by molar-refractivity contribution is 8.01. The van der Waals surface area contributed by atoms with Gasteiger partial charge in [0.2, 0.25) is 5.91 Å². The van der Waals surface area contributed by atoms with Crippen LogP contribution in [0.3, 0.4) is 0 Å². The first kappa shape index (κ1) is 19.6. The number of thiazole rings is 1. The van der Waals surface area contributed by atoms with E-state index in [4.69, 9.17) is 4.74 Å². The third kappa shape index (κ3) is 4.97. The van der Waals surface area contributed by atoms with Crippen molar-refractivity contribution in [1.82, 2.24) is 4.98 Å². The van der Waals surface area contributed by atoms with Crippen LogP contribution in [0.1, 0.15) is 23.0 Å². The van der Waals surface area contributed by atoms with Crippen molar-refractivity contribution >= 4 is 51.3 Å². The summed E-state index contributed by atoms with van der Waals surface area (Å²) in [5.74, 6) is -0.385. The van der Waals surface area contributed by atoms with Gasteiger partial charge in [0.1, 0.15) is 10.6 Å². The van der Waals surface area contributed by atoms with E-state index in [1.165, 1.54) is 34.4 Å². The van der Waals surface area contributed by atoms with E-state index in [9.17, 15) is 9.59 Å². The monoisotopic (exact) mass is 418 g/mol. The van der Waals surface area contributed by atoms with E-state index in [1.807, 2.05) is 48.0 Å². The molecule has 0 unspecified atom stereocenters. The Bertz CT molecular complexity index is 935. The van der Waals surface area contributed by atoms with Crippen molar-refractivity contribution in [3.05, 3.63) is 52.3 Å². The zero-order valence-electron chi connectivity index (χ0n) is 14.9. The van der Waals surface area contributed by atoms with E-state index in [1.54, 1.807) is 6.92 Å². The number of nitrogens with one attached hydrogen (secondary N) is 1. The number of aromatic nitrogens is 1. The average Bonchev–Trinajstić information content (AvgIpc) is 3.27. The van der Waals surface area contributed by atoms with Crippen molar-refractivity contribution in [3.8, 4) is 11.1 Å². The number of thiophene rings is 1. The molecule has 0 saturated carbocycles. The third-order valence-electron chi connectivity index (χ3n) is 3.53. The Kier molecular flexibility index (Phi) is 6.65. The van der Waals surface area contributed by atoms with E-state index >= 15 is 0 Å². The lowest BCUT2D eigenvalue weighted by molar-refractivity contribution is -0.113. The molecule has 0 radical (unpaired) electrons. The number of carbonyl (C=O) groups excluding carboxylic acids is 2. The molecule has 0 aliphatic heterocycles. The number of rotatable bonds is 7. The Hall–Kier alpha value is -2.16. The van der Waals surface area contributed by atoms with Crippen molar-refractivity contribution in [3.63, 3.8) is 0 Å². The summed E-state index contributed by atoms with van der Waals surface area (Å²) in [6.45, 7) is 3.95. The Morgan fingerprint density at radius 1 is 1.19 bits per heavy atom. The Morgan fingerprint density at radius 2 is 1.96 bits per heavy atom. The van der Waals surface area contributed by atoms with Gasteiger partial charge >= 0.3 is 5.97 Å². The molecule has 2 heterocycles. The lowest BCUT2D eigenvalue weighted by Gasteiger charge is -2.08. The van der Waals surface area contributed by atoms with Crippen LogP contribution in [0.15, 0.2) is 45.4 Å². The fraction of sp³-hybridized carbons (Fsp3) is 0.211. The van der Waals surface area contributed by atoms with Gasteiger partial charge in [-0.1, -0.05) is 42.1 Å². The molecule has 5 nitrogen and oxygen atoms in total. The summed E-state index contributed by atoms with van der Waals surface area (Å²) in [6, 6.07) is 9.59. The smallest absolute Gasteiger partial charge is 0.341 e. The molecule has 8 heteroatoms. The molecular weight excluding hydrogens is 400 g/mol. The molecule has 0 fully saturated rings. The molecule has 0 spiro atoms. The summed E-state index contributed by atoms with van der Waals surface area (Å²) in [6.07, 6.45) is 0. The van der Waals surface area contributed by atoms with E-state index in [0.717, 1.165) is 21.2 Å². The summed E-state index contributed by atoms with van der Waals surface area (Å²) in [4.78, 5) is 29.2. The van der Waals surface area contributed by atoms with Crippen molar-refractivity contribution in [2.75, 3.05) is 17.7 Å². The Morgan fingerprint density at radius 3 is 2.63 bits per heavy atom. The van der Waals surface area contributed by atoms with Crippen molar-refractivity contribution < 1.29 is 14.3 Å². The van der Waals surface area contributed by atoms with Gasteiger partial charge in [-0.3, -0.25) is 4.79 Å². The van der Waals surface area contributed by atoms with Crippen LogP contribution in [0.2, 0.25) is 0 Å². The molecule has 0 saturated heterocycles. The minimum Gasteiger partial charge on any atom is -0.462 e. The van der Waals surface area contributed by atoms with Crippen molar-refractivity contribution in [2.45, 2.75) is 18.2 Å². The Labute approximate surface area is 169 Å². The first-order chi connectivity index (χ1) is 13.1. The largest absolute Gasteiger partial charge is 0.462 e. The maximum absolute atomic E-state index is 12.5. The van der Waals surface area contributed by atoms with Gasteiger partial charge in [0, 0.05) is 22.0 Å². The van der Waals surface area contributed by atoms with E-state index in [2.05, 4.69) is 10.3 Å². The highest BCUT2D eigenvalue weighted by Gasteiger charge is 2.22. The first-order valence-electron chi connectivity index (χ1n) is 8.27. The Balaban J connectivity index is 1.78. The van der Waals surface area contributed by atoms with Gasteiger partial charge in [0.15, 0.2) is 4.34 Å². The lowest BCUT2D eigenvalue weighted by atomic mass is 10.0. The molecule has 1 N–H and O–H groups in total. The van der Waals surface area contributed by atoms with Gasteiger partial charge in [-0.05, 0) is 19.4 Å². The van der Waals surface area contributed by atoms with Gasteiger partial charge in [-0.15, -0.1) is 22.7 Å². The number of aryl methyl sites for hydroxylation is 1. The number of esters is 1. The normalized spacial score (nSPS) is 10.6. The second kappa shape index (κ2) is 9.16. The van der Waals surface area contributed by atoms with Gasteiger partial charge in [0.05, 0.1) is 12.4 Å². The molecule has 0 bridgehead atoms. The molecule has 3 aromatic rings. The first-order valence-corrected chi connectivity index (χ1v) is 11.0. The van der Waals surface area contributed by atoms with Gasteiger partial charge < -0.3 is 10.1 Å². The minimum atomic E-state index is -0.434. The predicted molar refractivity (Wildman–Crippen MR) is 112 cm³/mol. The number of hydrogen-bond donors (Lipinski definition) is 1. The minimum absolute atomic E-state index is 0.181. The molecule has 1 aromatic carbocycles. The fourth-order valence-corrected chi connectivity index (χ4v) is 5.00. The van der Waals surface area contributed by atoms with Crippen LogP contribution < -0.4 is 5.32 Å². The van der Waals surface area contributed by atoms with Gasteiger partial charge in [-0.25, -0.2) is 9.78 Å². The third-order valence-corrected chi connectivity index (χ3v) is 6.57. The quantitative estimate of drug-likeness (QED) is 0.428. The maximum atomic E-state index is 12.5.